The smallest absolute Gasteiger partial charge is 0.260 e. The van der Waals surface area contributed by atoms with Crippen molar-refractivity contribution in [3.63, 3.8) is 0 Å². The first kappa shape index (κ1) is 23.6. The lowest BCUT2D eigenvalue weighted by molar-refractivity contribution is 0.218. The zero-order chi connectivity index (χ0) is 24.7. The molecular formula is C29H32N2O3S. The summed E-state index contributed by atoms with van der Waals surface area (Å²) in [6.07, 6.45) is 3.09. The molecule has 1 unspecified atom stereocenters. The van der Waals surface area contributed by atoms with E-state index in [0.29, 0.717) is 29.8 Å². The van der Waals surface area contributed by atoms with Crippen molar-refractivity contribution in [2.75, 3.05) is 7.11 Å². The molecular weight excluding hydrogens is 456 g/mol. The SMILES string of the molecule is COc1cc(-c2nc3sc4c(c3c(=O)[nH]2)CCC(C(C)(C)C)C4)ccc1OCc1ccccc1C. The molecule has 0 saturated heterocycles. The molecule has 2 heterocycles. The van der Waals surface area contributed by atoms with Gasteiger partial charge in [-0.25, -0.2) is 4.98 Å². The highest BCUT2D eigenvalue weighted by atomic mass is 32.1. The number of benzene rings is 2. The molecule has 2 aromatic heterocycles. The largest absolute Gasteiger partial charge is 0.493 e. The Labute approximate surface area is 210 Å². The van der Waals surface area contributed by atoms with E-state index in [1.54, 1.807) is 18.4 Å². The van der Waals surface area contributed by atoms with Crippen LogP contribution in [0.1, 0.15) is 48.8 Å². The van der Waals surface area contributed by atoms with E-state index in [2.05, 4.69) is 44.8 Å². The van der Waals surface area contributed by atoms with Crippen LogP contribution >= 0.6 is 11.3 Å². The lowest BCUT2D eigenvalue weighted by Crippen LogP contribution is -2.26. The van der Waals surface area contributed by atoms with Crippen molar-refractivity contribution < 1.29 is 9.47 Å². The maximum atomic E-state index is 13.2. The van der Waals surface area contributed by atoms with Crippen LogP contribution in [0.2, 0.25) is 0 Å². The topological polar surface area (TPSA) is 64.2 Å². The van der Waals surface area contributed by atoms with Crippen molar-refractivity contribution in [3.05, 3.63) is 74.4 Å². The number of H-pyrrole nitrogens is 1. The molecule has 0 aliphatic heterocycles. The van der Waals surface area contributed by atoms with Crippen LogP contribution in [0, 0.1) is 18.3 Å². The molecule has 0 fully saturated rings. The maximum Gasteiger partial charge on any atom is 0.260 e. The van der Waals surface area contributed by atoms with Crippen LogP contribution in [0.5, 0.6) is 11.5 Å². The van der Waals surface area contributed by atoms with Crippen LogP contribution < -0.4 is 15.0 Å². The van der Waals surface area contributed by atoms with E-state index in [1.165, 1.54) is 16.0 Å². The highest BCUT2D eigenvalue weighted by Crippen LogP contribution is 2.42. The van der Waals surface area contributed by atoms with Gasteiger partial charge >= 0.3 is 0 Å². The van der Waals surface area contributed by atoms with Gasteiger partial charge < -0.3 is 14.5 Å². The minimum Gasteiger partial charge on any atom is -0.493 e. The molecule has 0 spiro atoms. The van der Waals surface area contributed by atoms with Gasteiger partial charge in [0, 0.05) is 10.4 Å². The van der Waals surface area contributed by atoms with E-state index in [1.807, 2.05) is 30.3 Å². The molecule has 5 rings (SSSR count). The first-order valence-corrected chi connectivity index (χ1v) is 13.0. The summed E-state index contributed by atoms with van der Waals surface area (Å²) < 4.78 is 11.7. The maximum absolute atomic E-state index is 13.2. The Balaban J connectivity index is 1.45. The Bertz CT molecular complexity index is 1440. The van der Waals surface area contributed by atoms with Crippen LogP contribution in [0.15, 0.2) is 47.3 Å². The number of aromatic nitrogens is 2. The van der Waals surface area contributed by atoms with Crippen molar-refractivity contribution in [3.8, 4) is 22.9 Å². The van der Waals surface area contributed by atoms with Crippen LogP contribution in [0.3, 0.4) is 0 Å². The van der Waals surface area contributed by atoms with E-state index in [9.17, 15) is 4.79 Å². The highest BCUT2D eigenvalue weighted by Gasteiger charge is 2.31. The van der Waals surface area contributed by atoms with Crippen molar-refractivity contribution in [1.82, 2.24) is 9.97 Å². The number of aromatic amines is 1. The van der Waals surface area contributed by atoms with Crippen LogP contribution in [-0.2, 0) is 19.4 Å². The monoisotopic (exact) mass is 488 g/mol. The van der Waals surface area contributed by atoms with Gasteiger partial charge in [-0.05, 0) is 72.4 Å². The Morgan fingerprint density at radius 2 is 1.94 bits per heavy atom. The molecule has 1 atom stereocenters. The number of hydrogen-bond acceptors (Lipinski definition) is 5. The summed E-state index contributed by atoms with van der Waals surface area (Å²) in [7, 11) is 1.62. The lowest BCUT2D eigenvalue weighted by Gasteiger charge is -2.33. The standard InChI is InChI=1S/C29H32N2O3S/c1-17-8-6-7-9-19(17)16-34-22-13-10-18(14-23(22)33-5)26-30-27(32)25-21-12-11-20(29(2,3)4)15-24(21)35-28(25)31-26/h6-10,13-14,20H,11-12,15-16H2,1-5H3,(H,30,31,32). The fourth-order valence-corrected chi connectivity index (χ4v) is 6.22. The minimum atomic E-state index is -0.0597. The Hall–Kier alpha value is -3.12. The third kappa shape index (κ3) is 4.59. The third-order valence-electron chi connectivity index (χ3n) is 7.23. The number of nitrogens with one attached hydrogen (secondary N) is 1. The molecule has 1 aliphatic carbocycles. The zero-order valence-corrected chi connectivity index (χ0v) is 21.8. The molecule has 1 aliphatic rings. The Kier molecular flexibility index (Phi) is 6.18. The highest BCUT2D eigenvalue weighted by molar-refractivity contribution is 7.18. The van der Waals surface area contributed by atoms with E-state index in [-0.39, 0.29) is 11.0 Å². The summed E-state index contributed by atoms with van der Waals surface area (Å²) >= 11 is 1.68. The molecule has 5 nitrogen and oxygen atoms in total. The number of ether oxygens (including phenoxy) is 2. The van der Waals surface area contributed by atoms with Gasteiger partial charge in [0.25, 0.3) is 5.56 Å². The minimum absolute atomic E-state index is 0.0597. The second-order valence-corrected chi connectivity index (χ2v) is 11.6. The van der Waals surface area contributed by atoms with Gasteiger partial charge in [0.2, 0.25) is 0 Å². The quantitative estimate of drug-likeness (QED) is 0.340. The molecule has 0 amide bonds. The van der Waals surface area contributed by atoms with Gasteiger partial charge in [0.05, 0.1) is 12.5 Å². The molecule has 182 valence electrons. The van der Waals surface area contributed by atoms with Gasteiger partial charge in [-0.15, -0.1) is 11.3 Å². The fraction of sp³-hybridized carbons (Fsp3) is 0.379. The second kappa shape index (κ2) is 9.15. The summed E-state index contributed by atoms with van der Waals surface area (Å²) in [5, 5.41) is 0.770. The molecule has 4 aromatic rings. The average molecular weight is 489 g/mol. The van der Waals surface area contributed by atoms with Gasteiger partial charge in [-0.3, -0.25) is 4.79 Å². The number of rotatable bonds is 5. The predicted octanol–water partition coefficient (Wildman–Crippen LogP) is 6.70. The van der Waals surface area contributed by atoms with Gasteiger partial charge in [-0.2, -0.15) is 0 Å². The number of fused-ring (bicyclic) bond motifs is 3. The lowest BCUT2D eigenvalue weighted by atomic mass is 9.72. The molecule has 0 saturated carbocycles. The third-order valence-corrected chi connectivity index (χ3v) is 8.37. The molecule has 35 heavy (non-hydrogen) atoms. The van der Waals surface area contributed by atoms with E-state index < -0.39 is 0 Å². The summed E-state index contributed by atoms with van der Waals surface area (Å²) in [6, 6.07) is 13.8. The van der Waals surface area contributed by atoms with E-state index >= 15 is 0 Å². The van der Waals surface area contributed by atoms with Crippen LogP contribution in [0.4, 0.5) is 0 Å². The fourth-order valence-electron chi connectivity index (χ4n) is 4.92. The van der Waals surface area contributed by atoms with Crippen molar-refractivity contribution >= 4 is 21.6 Å². The molecule has 0 bridgehead atoms. The van der Waals surface area contributed by atoms with Crippen LogP contribution in [0.25, 0.3) is 21.6 Å². The number of nitrogens with zero attached hydrogens (tertiary/aromatic N) is 1. The number of methoxy groups -OCH3 is 1. The van der Waals surface area contributed by atoms with E-state index in [0.717, 1.165) is 40.6 Å². The van der Waals surface area contributed by atoms with Crippen molar-refractivity contribution in [1.29, 1.82) is 0 Å². The van der Waals surface area contributed by atoms with Crippen molar-refractivity contribution in [2.24, 2.45) is 11.3 Å². The van der Waals surface area contributed by atoms with Gasteiger partial charge in [0.1, 0.15) is 17.3 Å². The van der Waals surface area contributed by atoms with E-state index in [4.69, 9.17) is 14.5 Å². The first-order valence-electron chi connectivity index (χ1n) is 12.1. The Morgan fingerprint density at radius 3 is 2.69 bits per heavy atom. The summed E-state index contributed by atoms with van der Waals surface area (Å²) in [5.74, 6) is 2.44. The molecule has 0 radical (unpaired) electrons. The van der Waals surface area contributed by atoms with Gasteiger partial charge in [-0.1, -0.05) is 45.0 Å². The summed E-state index contributed by atoms with van der Waals surface area (Å²) in [6.45, 7) is 9.45. The molecule has 6 heteroatoms. The van der Waals surface area contributed by atoms with Crippen LogP contribution in [-0.4, -0.2) is 17.1 Å². The second-order valence-electron chi connectivity index (χ2n) is 10.5. The van der Waals surface area contributed by atoms with Gasteiger partial charge in [0.15, 0.2) is 11.5 Å². The Morgan fingerprint density at radius 1 is 1.14 bits per heavy atom. The predicted molar refractivity (Wildman–Crippen MR) is 143 cm³/mol. The number of thiophene rings is 1. The molecule has 2 aromatic carbocycles. The summed E-state index contributed by atoms with van der Waals surface area (Å²) in [5.41, 5.74) is 4.51. The number of hydrogen-bond donors (Lipinski definition) is 1. The average Bonchev–Trinajstić information content (AvgIpc) is 3.21. The number of aryl methyl sites for hydroxylation is 2. The normalized spacial score (nSPS) is 15.7. The molecule has 1 N–H and O–H groups in total. The van der Waals surface area contributed by atoms with Crippen molar-refractivity contribution in [2.45, 2.75) is 53.6 Å². The summed E-state index contributed by atoms with van der Waals surface area (Å²) in [4.78, 5) is 23.2. The first-order chi connectivity index (χ1) is 16.7. The zero-order valence-electron chi connectivity index (χ0n) is 21.0.